The first kappa shape index (κ1) is 19.1. The van der Waals surface area contributed by atoms with Crippen molar-refractivity contribution in [2.75, 3.05) is 5.32 Å². The summed E-state index contributed by atoms with van der Waals surface area (Å²) in [5.41, 5.74) is -0.0583. The molecule has 2 aliphatic carbocycles. The second kappa shape index (κ2) is 6.54. The van der Waals surface area contributed by atoms with Crippen molar-refractivity contribution < 1.29 is 18.3 Å². The number of allylic oxidation sites excluding steroid dienone is 1. The van der Waals surface area contributed by atoms with Crippen LogP contribution in [0, 0.1) is 12.8 Å². The number of nitrogens with zero attached hydrogens (tertiary/aromatic N) is 2. The Morgan fingerprint density at radius 2 is 1.93 bits per heavy atom. The van der Waals surface area contributed by atoms with Gasteiger partial charge in [0.25, 0.3) is 0 Å². The van der Waals surface area contributed by atoms with Gasteiger partial charge in [-0.2, -0.15) is 13.2 Å². The number of halogens is 3. The van der Waals surface area contributed by atoms with Gasteiger partial charge in [-0.3, -0.25) is 0 Å². The molecular formula is C23H20F3N3O. The first-order chi connectivity index (χ1) is 14.3. The Labute approximate surface area is 171 Å². The van der Waals surface area contributed by atoms with Crippen LogP contribution in [-0.4, -0.2) is 26.9 Å². The van der Waals surface area contributed by atoms with E-state index in [0.29, 0.717) is 40.0 Å². The molecule has 2 aliphatic rings. The topological polar surface area (TPSA) is 58.0 Å². The number of anilines is 1. The molecule has 30 heavy (non-hydrogen) atoms. The van der Waals surface area contributed by atoms with Gasteiger partial charge in [0, 0.05) is 23.2 Å². The second-order valence-electron chi connectivity index (χ2n) is 7.93. The number of aryl methyl sites for hydroxylation is 1. The second-order valence-corrected chi connectivity index (χ2v) is 7.93. The average Bonchev–Trinajstić information content (AvgIpc) is 3.21. The van der Waals surface area contributed by atoms with Crippen LogP contribution in [0.3, 0.4) is 0 Å². The van der Waals surface area contributed by atoms with Crippen molar-refractivity contribution in [3.05, 3.63) is 71.7 Å². The average molecular weight is 411 g/mol. The summed E-state index contributed by atoms with van der Waals surface area (Å²) < 4.78 is 43.3. The van der Waals surface area contributed by atoms with E-state index < -0.39 is 23.7 Å². The predicted octanol–water partition coefficient (Wildman–Crippen LogP) is 5.19. The summed E-state index contributed by atoms with van der Waals surface area (Å²) in [4.78, 5) is 8.57. The van der Waals surface area contributed by atoms with E-state index in [1.165, 1.54) is 0 Å². The van der Waals surface area contributed by atoms with Crippen molar-refractivity contribution >= 4 is 22.2 Å². The fourth-order valence-corrected chi connectivity index (χ4v) is 4.89. The van der Waals surface area contributed by atoms with Crippen LogP contribution in [-0.2, 0) is 0 Å². The van der Waals surface area contributed by atoms with E-state index in [4.69, 9.17) is 0 Å². The molecule has 0 saturated heterocycles. The SMILES string of the molecule is Cc1ncc2c(NC3c4ccccc4C4=CCCC4C3(O)C(F)(F)F)cccc2n1. The van der Waals surface area contributed by atoms with Crippen molar-refractivity contribution in [1.82, 2.24) is 9.97 Å². The molecule has 5 rings (SSSR count). The van der Waals surface area contributed by atoms with Gasteiger partial charge in [-0.25, -0.2) is 9.97 Å². The van der Waals surface area contributed by atoms with Crippen LogP contribution in [0.5, 0.6) is 0 Å². The predicted molar refractivity (Wildman–Crippen MR) is 109 cm³/mol. The lowest BCUT2D eigenvalue weighted by molar-refractivity contribution is -0.280. The Bertz CT molecular complexity index is 1170. The maximum absolute atomic E-state index is 14.4. The molecule has 1 aromatic heterocycles. The lowest BCUT2D eigenvalue weighted by Gasteiger charge is -2.47. The summed E-state index contributed by atoms with van der Waals surface area (Å²) in [6, 6.07) is 10.9. The number of hydrogen-bond donors (Lipinski definition) is 2. The monoisotopic (exact) mass is 411 g/mol. The summed E-state index contributed by atoms with van der Waals surface area (Å²) in [6.07, 6.45) is -0.617. The van der Waals surface area contributed by atoms with Crippen LogP contribution < -0.4 is 5.32 Å². The van der Waals surface area contributed by atoms with E-state index >= 15 is 0 Å². The summed E-state index contributed by atoms with van der Waals surface area (Å²) in [6.45, 7) is 1.76. The molecule has 0 amide bonds. The fraction of sp³-hybridized carbons (Fsp3) is 0.304. The highest BCUT2D eigenvalue weighted by Crippen LogP contribution is 2.58. The molecule has 0 saturated carbocycles. The van der Waals surface area contributed by atoms with Gasteiger partial charge >= 0.3 is 6.18 Å². The summed E-state index contributed by atoms with van der Waals surface area (Å²) in [5, 5.41) is 14.9. The highest BCUT2D eigenvalue weighted by Gasteiger charge is 2.66. The molecule has 7 heteroatoms. The van der Waals surface area contributed by atoms with E-state index in [2.05, 4.69) is 15.3 Å². The lowest BCUT2D eigenvalue weighted by Crippen LogP contribution is -2.59. The van der Waals surface area contributed by atoms with E-state index in [9.17, 15) is 18.3 Å². The molecule has 3 unspecified atom stereocenters. The van der Waals surface area contributed by atoms with Gasteiger partial charge in [-0.1, -0.05) is 36.4 Å². The van der Waals surface area contributed by atoms with Crippen molar-refractivity contribution in [2.45, 2.75) is 37.6 Å². The Morgan fingerprint density at radius 3 is 2.73 bits per heavy atom. The summed E-state index contributed by atoms with van der Waals surface area (Å²) in [7, 11) is 0. The number of fused-ring (bicyclic) bond motifs is 4. The van der Waals surface area contributed by atoms with Gasteiger partial charge in [-0.15, -0.1) is 0 Å². The Balaban J connectivity index is 1.71. The summed E-state index contributed by atoms with van der Waals surface area (Å²) >= 11 is 0. The third-order valence-electron chi connectivity index (χ3n) is 6.25. The first-order valence-electron chi connectivity index (χ1n) is 9.88. The van der Waals surface area contributed by atoms with Crippen molar-refractivity contribution in [2.24, 2.45) is 5.92 Å². The van der Waals surface area contributed by atoms with Gasteiger partial charge in [0.2, 0.25) is 0 Å². The van der Waals surface area contributed by atoms with Crippen LogP contribution in [0.4, 0.5) is 18.9 Å². The Kier molecular flexibility index (Phi) is 4.15. The molecule has 0 bridgehead atoms. The summed E-state index contributed by atoms with van der Waals surface area (Å²) in [5.74, 6) is -0.437. The zero-order valence-corrected chi connectivity index (χ0v) is 16.2. The van der Waals surface area contributed by atoms with E-state index in [0.717, 1.165) is 5.56 Å². The number of benzene rings is 2. The van der Waals surface area contributed by atoms with Crippen molar-refractivity contribution in [3.63, 3.8) is 0 Å². The van der Waals surface area contributed by atoms with Gasteiger partial charge in [0.05, 0.1) is 11.6 Å². The quantitative estimate of drug-likeness (QED) is 0.609. The third kappa shape index (κ3) is 2.65. The highest BCUT2D eigenvalue weighted by molar-refractivity contribution is 5.91. The number of aliphatic hydroxyl groups is 1. The molecule has 3 aromatic rings. The maximum Gasteiger partial charge on any atom is 0.420 e. The molecule has 0 fully saturated rings. The molecule has 3 atom stereocenters. The molecule has 2 aromatic carbocycles. The van der Waals surface area contributed by atoms with Gasteiger partial charge in [0.1, 0.15) is 5.82 Å². The van der Waals surface area contributed by atoms with Gasteiger partial charge in [-0.05, 0) is 48.6 Å². The first-order valence-corrected chi connectivity index (χ1v) is 9.88. The molecule has 0 spiro atoms. The Morgan fingerprint density at radius 1 is 1.13 bits per heavy atom. The minimum Gasteiger partial charge on any atom is -0.378 e. The number of hydrogen-bond acceptors (Lipinski definition) is 4. The number of aromatic nitrogens is 2. The molecule has 1 heterocycles. The largest absolute Gasteiger partial charge is 0.420 e. The maximum atomic E-state index is 14.4. The van der Waals surface area contributed by atoms with Crippen LogP contribution >= 0.6 is 0 Å². The van der Waals surface area contributed by atoms with Gasteiger partial charge in [0.15, 0.2) is 5.60 Å². The van der Waals surface area contributed by atoms with Crippen LogP contribution in [0.25, 0.3) is 16.5 Å². The third-order valence-corrected chi connectivity index (χ3v) is 6.25. The molecule has 0 radical (unpaired) electrons. The molecule has 0 aliphatic heterocycles. The fourth-order valence-electron chi connectivity index (χ4n) is 4.89. The Hall–Kier alpha value is -2.93. The molecule has 154 valence electrons. The zero-order chi connectivity index (χ0) is 21.1. The van der Waals surface area contributed by atoms with Crippen LogP contribution in [0.2, 0.25) is 0 Å². The van der Waals surface area contributed by atoms with Crippen molar-refractivity contribution in [1.29, 1.82) is 0 Å². The number of alkyl halides is 3. The lowest BCUT2D eigenvalue weighted by atomic mass is 9.66. The molecule has 4 nitrogen and oxygen atoms in total. The van der Waals surface area contributed by atoms with Crippen LogP contribution in [0.1, 0.15) is 35.8 Å². The van der Waals surface area contributed by atoms with Crippen molar-refractivity contribution in [3.8, 4) is 0 Å². The van der Waals surface area contributed by atoms with E-state index in [1.807, 2.05) is 18.2 Å². The number of rotatable bonds is 2. The van der Waals surface area contributed by atoms with E-state index in [-0.39, 0.29) is 6.42 Å². The minimum absolute atomic E-state index is 0.260. The smallest absolute Gasteiger partial charge is 0.378 e. The number of nitrogens with one attached hydrogen (secondary N) is 1. The van der Waals surface area contributed by atoms with E-state index in [1.54, 1.807) is 43.5 Å². The standard InChI is InChI=1S/C23H20F3N3O/c1-13-27-12-17-19(28-13)10-5-11-20(17)29-21-16-7-3-2-6-14(16)15-8-4-9-18(15)22(21,30)23(24,25)26/h2-3,5-8,10-12,18,21,29-30H,4,9H2,1H3. The normalized spacial score (nSPS) is 25.6. The molecule has 2 N–H and O–H groups in total. The highest BCUT2D eigenvalue weighted by atomic mass is 19.4. The van der Waals surface area contributed by atoms with Gasteiger partial charge < -0.3 is 10.4 Å². The minimum atomic E-state index is -4.82. The zero-order valence-electron chi connectivity index (χ0n) is 16.2. The molecular weight excluding hydrogens is 391 g/mol. The van der Waals surface area contributed by atoms with Crippen LogP contribution in [0.15, 0.2) is 54.7 Å².